The lowest BCUT2D eigenvalue weighted by atomic mass is 9.81. The van der Waals surface area contributed by atoms with Crippen molar-refractivity contribution >= 4 is 11.6 Å². The van der Waals surface area contributed by atoms with E-state index in [1.165, 1.54) is 11.1 Å². The molecule has 0 fully saturated rings. The molecular weight excluding hydrogens is 208 g/mol. The Morgan fingerprint density at radius 1 is 1.33 bits per heavy atom. The van der Waals surface area contributed by atoms with Crippen LogP contribution in [0.3, 0.4) is 0 Å². The van der Waals surface area contributed by atoms with Gasteiger partial charge in [0.05, 0.1) is 12.1 Å². The molecule has 0 spiro atoms. The van der Waals surface area contributed by atoms with Crippen LogP contribution < -0.4 is 4.74 Å². The van der Waals surface area contributed by atoms with Gasteiger partial charge in [-0.2, -0.15) is 0 Å². The van der Waals surface area contributed by atoms with Crippen molar-refractivity contribution in [1.82, 2.24) is 0 Å². The summed E-state index contributed by atoms with van der Waals surface area (Å²) in [5.41, 5.74) is 2.45. The third-order valence-electron chi connectivity index (χ3n) is 3.02. The number of rotatable bonds is 3. The van der Waals surface area contributed by atoms with Gasteiger partial charge in [0.1, 0.15) is 5.75 Å². The molecule has 15 heavy (non-hydrogen) atoms. The molecule has 0 saturated heterocycles. The summed E-state index contributed by atoms with van der Waals surface area (Å²) in [6, 6.07) is 4.12. The van der Waals surface area contributed by atoms with Gasteiger partial charge in [0, 0.05) is 0 Å². The Morgan fingerprint density at radius 2 is 1.93 bits per heavy atom. The third kappa shape index (κ3) is 2.46. The van der Waals surface area contributed by atoms with Gasteiger partial charge in [0.2, 0.25) is 0 Å². The zero-order valence-corrected chi connectivity index (χ0v) is 10.9. The molecule has 0 N–H and O–H groups in total. The fourth-order valence-electron chi connectivity index (χ4n) is 1.57. The molecule has 0 atom stereocenters. The van der Waals surface area contributed by atoms with Crippen molar-refractivity contribution in [2.45, 2.75) is 39.5 Å². The van der Waals surface area contributed by atoms with Crippen LogP contribution in [0.25, 0.3) is 0 Å². The Kier molecular flexibility index (Phi) is 3.67. The van der Waals surface area contributed by atoms with Crippen molar-refractivity contribution < 1.29 is 4.74 Å². The molecular formula is C13H19ClO. The largest absolute Gasteiger partial charge is 0.495 e. The van der Waals surface area contributed by atoms with Gasteiger partial charge in [-0.1, -0.05) is 38.4 Å². The monoisotopic (exact) mass is 226 g/mol. The van der Waals surface area contributed by atoms with E-state index in [9.17, 15) is 0 Å². The summed E-state index contributed by atoms with van der Waals surface area (Å²) in [6.45, 7) is 8.64. The second kappa shape index (κ2) is 4.44. The summed E-state index contributed by atoms with van der Waals surface area (Å²) in [6.07, 6.45) is 1.05. The minimum Gasteiger partial charge on any atom is -0.495 e. The average molecular weight is 227 g/mol. The standard InChI is InChI=1S/C13H19ClO/c1-6-13(3,4)10-7-9(2)8-11(15-5)12(10)14/h7-8H,6H2,1-5H3. The zero-order valence-electron chi connectivity index (χ0n) is 10.1. The van der Waals surface area contributed by atoms with E-state index >= 15 is 0 Å². The van der Waals surface area contributed by atoms with E-state index in [2.05, 4.69) is 33.8 Å². The number of ether oxygens (including phenoxy) is 1. The predicted octanol–water partition coefficient (Wildman–Crippen LogP) is 4.34. The molecule has 0 amide bonds. The number of aryl methyl sites for hydroxylation is 1. The number of halogens is 1. The molecule has 0 bridgehead atoms. The van der Waals surface area contributed by atoms with Gasteiger partial charge in [0.25, 0.3) is 0 Å². The summed E-state index contributed by atoms with van der Waals surface area (Å²) in [4.78, 5) is 0. The van der Waals surface area contributed by atoms with Crippen LogP contribution in [0.15, 0.2) is 12.1 Å². The van der Waals surface area contributed by atoms with Crippen molar-refractivity contribution in [1.29, 1.82) is 0 Å². The lowest BCUT2D eigenvalue weighted by molar-refractivity contribution is 0.411. The van der Waals surface area contributed by atoms with Gasteiger partial charge in [-0.25, -0.2) is 0 Å². The molecule has 0 unspecified atom stereocenters. The minimum absolute atomic E-state index is 0.0936. The summed E-state index contributed by atoms with van der Waals surface area (Å²) in [5.74, 6) is 0.771. The summed E-state index contributed by atoms with van der Waals surface area (Å²) < 4.78 is 5.27. The average Bonchev–Trinajstić information content (AvgIpc) is 2.20. The van der Waals surface area contributed by atoms with Gasteiger partial charge in [-0.05, 0) is 36.0 Å². The second-order valence-corrected chi connectivity index (χ2v) is 4.94. The van der Waals surface area contributed by atoms with Crippen molar-refractivity contribution in [3.05, 3.63) is 28.3 Å². The molecule has 0 aliphatic carbocycles. The molecule has 0 aromatic heterocycles. The lowest BCUT2D eigenvalue weighted by Gasteiger charge is -2.26. The van der Waals surface area contributed by atoms with Crippen LogP contribution in [0.4, 0.5) is 0 Å². The molecule has 2 heteroatoms. The first kappa shape index (κ1) is 12.4. The first-order valence-corrected chi connectivity index (χ1v) is 5.64. The fraction of sp³-hybridized carbons (Fsp3) is 0.538. The molecule has 0 heterocycles. The molecule has 1 aromatic carbocycles. The van der Waals surface area contributed by atoms with Crippen molar-refractivity contribution in [3.63, 3.8) is 0 Å². The molecule has 1 nitrogen and oxygen atoms in total. The van der Waals surface area contributed by atoms with Crippen LogP contribution in [-0.2, 0) is 5.41 Å². The zero-order chi connectivity index (χ0) is 11.6. The van der Waals surface area contributed by atoms with Gasteiger partial charge >= 0.3 is 0 Å². The SMILES string of the molecule is CCC(C)(C)c1cc(C)cc(OC)c1Cl. The van der Waals surface area contributed by atoms with Crippen LogP contribution in [-0.4, -0.2) is 7.11 Å². The fourth-order valence-corrected chi connectivity index (χ4v) is 2.01. The summed E-state index contributed by atoms with van der Waals surface area (Å²) in [7, 11) is 1.66. The van der Waals surface area contributed by atoms with E-state index in [-0.39, 0.29) is 5.41 Å². The van der Waals surface area contributed by atoms with Crippen LogP contribution in [0.2, 0.25) is 5.02 Å². The molecule has 0 aliphatic rings. The third-order valence-corrected chi connectivity index (χ3v) is 3.41. The van der Waals surface area contributed by atoms with Crippen LogP contribution >= 0.6 is 11.6 Å². The van der Waals surface area contributed by atoms with E-state index < -0.39 is 0 Å². The Hall–Kier alpha value is -0.690. The normalized spacial score (nSPS) is 11.6. The first-order valence-electron chi connectivity index (χ1n) is 5.27. The van der Waals surface area contributed by atoms with Gasteiger partial charge in [-0.15, -0.1) is 0 Å². The van der Waals surface area contributed by atoms with Crippen LogP contribution in [0, 0.1) is 6.92 Å². The van der Waals surface area contributed by atoms with Crippen molar-refractivity contribution in [2.24, 2.45) is 0 Å². The first-order chi connectivity index (χ1) is 6.92. The van der Waals surface area contributed by atoms with Gasteiger partial charge < -0.3 is 4.74 Å². The quantitative estimate of drug-likeness (QED) is 0.745. The molecule has 1 aromatic rings. The minimum atomic E-state index is 0.0936. The highest BCUT2D eigenvalue weighted by Gasteiger charge is 2.23. The Labute approximate surface area is 97.4 Å². The Morgan fingerprint density at radius 3 is 2.40 bits per heavy atom. The van der Waals surface area contributed by atoms with Crippen molar-refractivity contribution in [2.75, 3.05) is 7.11 Å². The van der Waals surface area contributed by atoms with Gasteiger partial charge in [0.15, 0.2) is 0 Å². The summed E-state index contributed by atoms with van der Waals surface area (Å²) in [5, 5.41) is 0.745. The maximum absolute atomic E-state index is 6.32. The molecule has 0 saturated carbocycles. The van der Waals surface area contributed by atoms with E-state index in [1.54, 1.807) is 7.11 Å². The van der Waals surface area contributed by atoms with E-state index in [0.29, 0.717) is 0 Å². The highest BCUT2D eigenvalue weighted by Crippen LogP contribution is 2.38. The van der Waals surface area contributed by atoms with E-state index in [1.807, 2.05) is 6.07 Å². The van der Waals surface area contributed by atoms with Crippen LogP contribution in [0.1, 0.15) is 38.3 Å². The highest BCUT2D eigenvalue weighted by molar-refractivity contribution is 6.33. The molecule has 0 radical (unpaired) electrons. The van der Waals surface area contributed by atoms with E-state index in [0.717, 1.165) is 17.2 Å². The van der Waals surface area contributed by atoms with Crippen molar-refractivity contribution in [3.8, 4) is 5.75 Å². The van der Waals surface area contributed by atoms with Crippen LogP contribution in [0.5, 0.6) is 5.75 Å². The Bertz CT molecular complexity index is 356. The number of hydrogen-bond donors (Lipinski definition) is 0. The van der Waals surface area contributed by atoms with Gasteiger partial charge in [-0.3, -0.25) is 0 Å². The number of hydrogen-bond acceptors (Lipinski definition) is 1. The highest BCUT2D eigenvalue weighted by atomic mass is 35.5. The summed E-state index contributed by atoms with van der Waals surface area (Å²) >= 11 is 6.32. The maximum atomic E-state index is 6.32. The molecule has 84 valence electrons. The number of methoxy groups -OCH3 is 1. The smallest absolute Gasteiger partial charge is 0.138 e. The van der Waals surface area contributed by atoms with E-state index in [4.69, 9.17) is 16.3 Å². The number of benzene rings is 1. The Balaban J connectivity index is 3.35. The molecule has 0 aliphatic heterocycles. The second-order valence-electron chi connectivity index (χ2n) is 4.57. The predicted molar refractivity (Wildman–Crippen MR) is 66.1 cm³/mol. The molecule has 1 rings (SSSR count). The lowest BCUT2D eigenvalue weighted by Crippen LogP contribution is -2.16. The topological polar surface area (TPSA) is 9.23 Å². The maximum Gasteiger partial charge on any atom is 0.138 e.